The van der Waals surface area contributed by atoms with E-state index in [-0.39, 0.29) is 23.0 Å². The predicted octanol–water partition coefficient (Wildman–Crippen LogP) is 4.38. The van der Waals surface area contributed by atoms with E-state index in [9.17, 15) is 9.59 Å². The smallest absolute Gasteiger partial charge is 0.257 e. The highest BCUT2D eigenvalue weighted by atomic mass is 32.1. The Bertz CT molecular complexity index is 880. The summed E-state index contributed by atoms with van der Waals surface area (Å²) in [7, 11) is 0. The van der Waals surface area contributed by atoms with Gasteiger partial charge in [-0.3, -0.25) is 14.9 Å². The fourth-order valence-corrected chi connectivity index (χ4v) is 2.75. The second-order valence-electron chi connectivity index (χ2n) is 7.67. The number of anilines is 1. The van der Waals surface area contributed by atoms with Gasteiger partial charge in [0.15, 0.2) is 5.11 Å². The molecule has 0 saturated heterocycles. The quantitative estimate of drug-likeness (QED) is 0.545. The number of carbonyl (C=O) groups is 2. The highest BCUT2D eigenvalue weighted by molar-refractivity contribution is 7.80. The summed E-state index contributed by atoms with van der Waals surface area (Å²) in [6, 6.07) is 13.9. The molecule has 0 fully saturated rings. The molecule has 0 heterocycles. The number of thiocarbonyl (C=S) groups is 1. The Morgan fingerprint density at radius 2 is 1.67 bits per heavy atom. The summed E-state index contributed by atoms with van der Waals surface area (Å²) in [5.41, 5.74) is 1.60. The topological polar surface area (TPSA) is 79.5 Å². The molecule has 0 unspecified atom stereocenters. The number of amides is 2. The van der Waals surface area contributed by atoms with Crippen LogP contribution in [-0.2, 0) is 0 Å². The lowest BCUT2D eigenvalue weighted by Gasteiger charge is -2.12. The molecule has 0 aliphatic rings. The van der Waals surface area contributed by atoms with E-state index >= 15 is 0 Å². The van der Waals surface area contributed by atoms with Crippen LogP contribution < -0.4 is 20.7 Å². The first-order chi connectivity index (χ1) is 14.2. The van der Waals surface area contributed by atoms with Crippen molar-refractivity contribution in [3.63, 3.8) is 0 Å². The Morgan fingerprint density at radius 3 is 2.30 bits per heavy atom. The summed E-state index contributed by atoms with van der Waals surface area (Å²) in [6.07, 6.45) is 0.975. The van der Waals surface area contributed by atoms with Crippen LogP contribution in [0.15, 0.2) is 48.5 Å². The number of ether oxygens (including phenoxy) is 1. The Hall–Kier alpha value is -2.93. The first-order valence-electron chi connectivity index (χ1n) is 10.0. The Morgan fingerprint density at radius 1 is 0.967 bits per heavy atom. The van der Waals surface area contributed by atoms with Crippen LogP contribution >= 0.6 is 12.2 Å². The van der Waals surface area contributed by atoms with E-state index in [0.717, 1.165) is 12.2 Å². The zero-order valence-electron chi connectivity index (χ0n) is 17.8. The third-order valence-corrected chi connectivity index (χ3v) is 4.31. The highest BCUT2D eigenvalue weighted by Gasteiger charge is 2.11. The summed E-state index contributed by atoms with van der Waals surface area (Å²) in [6.45, 7) is 8.73. The lowest BCUT2D eigenvalue weighted by Crippen LogP contribution is -2.34. The number of hydrogen-bond acceptors (Lipinski definition) is 4. The van der Waals surface area contributed by atoms with Crippen LogP contribution in [0.1, 0.15) is 54.8 Å². The first-order valence-corrected chi connectivity index (χ1v) is 10.4. The molecule has 0 radical (unpaired) electrons. The summed E-state index contributed by atoms with van der Waals surface area (Å²) in [5.74, 6) is 0.812. The molecule has 30 heavy (non-hydrogen) atoms. The van der Waals surface area contributed by atoms with Crippen LogP contribution in [0.25, 0.3) is 0 Å². The zero-order valence-corrected chi connectivity index (χ0v) is 18.6. The van der Waals surface area contributed by atoms with Gasteiger partial charge in [0.2, 0.25) is 0 Å². The van der Waals surface area contributed by atoms with E-state index in [1.54, 1.807) is 48.5 Å². The molecule has 0 aliphatic carbocycles. The second kappa shape index (κ2) is 11.3. The van der Waals surface area contributed by atoms with Gasteiger partial charge < -0.3 is 15.4 Å². The molecule has 7 heteroatoms. The third kappa shape index (κ3) is 7.83. The molecule has 3 N–H and O–H groups in total. The first kappa shape index (κ1) is 23.3. The van der Waals surface area contributed by atoms with Gasteiger partial charge in [-0.2, -0.15) is 0 Å². The van der Waals surface area contributed by atoms with Crippen molar-refractivity contribution in [3.8, 4) is 5.75 Å². The molecule has 0 spiro atoms. The van der Waals surface area contributed by atoms with Crippen LogP contribution in [0.5, 0.6) is 5.75 Å². The molecule has 0 aliphatic heterocycles. The number of benzene rings is 2. The van der Waals surface area contributed by atoms with Crippen molar-refractivity contribution in [1.82, 2.24) is 10.6 Å². The highest BCUT2D eigenvalue weighted by Crippen LogP contribution is 2.14. The molecule has 2 rings (SSSR count). The normalized spacial score (nSPS) is 10.6. The van der Waals surface area contributed by atoms with Crippen molar-refractivity contribution in [2.75, 3.05) is 11.9 Å². The molecule has 6 nitrogen and oxygen atoms in total. The van der Waals surface area contributed by atoms with Gasteiger partial charge in [-0.1, -0.05) is 19.9 Å². The van der Waals surface area contributed by atoms with Crippen molar-refractivity contribution < 1.29 is 14.3 Å². The Labute approximate surface area is 183 Å². The van der Waals surface area contributed by atoms with Crippen molar-refractivity contribution in [2.45, 2.75) is 40.2 Å². The molecule has 2 aromatic rings. The van der Waals surface area contributed by atoms with Gasteiger partial charge in [-0.15, -0.1) is 0 Å². The largest absolute Gasteiger partial charge is 0.494 e. The van der Waals surface area contributed by atoms with Crippen LogP contribution in [0.2, 0.25) is 0 Å². The van der Waals surface area contributed by atoms with Gasteiger partial charge in [0.1, 0.15) is 5.75 Å². The monoisotopic (exact) mass is 427 g/mol. The van der Waals surface area contributed by atoms with Gasteiger partial charge in [0, 0.05) is 22.9 Å². The van der Waals surface area contributed by atoms with E-state index in [1.807, 2.05) is 13.8 Å². The molecule has 0 atom stereocenters. The number of hydrogen-bond donors (Lipinski definition) is 3. The van der Waals surface area contributed by atoms with E-state index in [1.165, 1.54) is 0 Å². The molecule has 2 amide bonds. The lowest BCUT2D eigenvalue weighted by atomic mass is 10.1. The minimum absolute atomic E-state index is 0.0430. The van der Waals surface area contributed by atoms with Gasteiger partial charge in [-0.25, -0.2) is 0 Å². The predicted molar refractivity (Wildman–Crippen MR) is 124 cm³/mol. The maximum absolute atomic E-state index is 12.4. The average Bonchev–Trinajstić information content (AvgIpc) is 2.67. The summed E-state index contributed by atoms with van der Waals surface area (Å²) < 4.78 is 5.66. The van der Waals surface area contributed by atoms with E-state index in [0.29, 0.717) is 29.3 Å². The molecule has 0 aromatic heterocycles. The maximum atomic E-state index is 12.4. The Balaban J connectivity index is 1.90. The maximum Gasteiger partial charge on any atom is 0.257 e. The van der Waals surface area contributed by atoms with Crippen LogP contribution in [0.3, 0.4) is 0 Å². The van der Waals surface area contributed by atoms with E-state index < -0.39 is 0 Å². The van der Waals surface area contributed by atoms with Gasteiger partial charge in [0.05, 0.1) is 6.61 Å². The van der Waals surface area contributed by atoms with Crippen LogP contribution in [-0.4, -0.2) is 29.6 Å². The van der Waals surface area contributed by atoms with Crippen LogP contribution in [0, 0.1) is 5.92 Å². The van der Waals surface area contributed by atoms with Crippen molar-refractivity contribution >= 4 is 34.8 Å². The zero-order chi connectivity index (χ0) is 22.1. The number of carbonyl (C=O) groups excluding carboxylic acids is 2. The third-order valence-electron chi connectivity index (χ3n) is 4.11. The molecule has 160 valence electrons. The van der Waals surface area contributed by atoms with Crippen molar-refractivity contribution in [2.24, 2.45) is 5.92 Å². The average molecular weight is 428 g/mol. The number of nitrogens with one attached hydrogen (secondary N) is 3. The minimum Gasteiger partial charge on any atom is -0.494 e. The van der Waals surface area contributed by atoms with Crippen LogP contribution in [0.4, 0.5) is 5.69 Å². The minimum atomic E-state index is -0.324. The fourth-order valence-electron chi connectivity index (χ4n) is 2.54. The van der Waals surface area contributed by atoms with Crippen molar-refractivity contribution in [1.29, 1.82) is 0 Å². The van der Waals surface area contributed by atoms with E-state index in [2.05, 4.69) is 29.8 Å². The Kier molecular flexibility index (Phi) is 8.80. The second-order valence-corrected chi connectivity index (χ2v) is 8.08. The van der Waals surface area contributed by atoms with E-state index in [4.69, 9.17) is 17.0 Å². The standard InChI is InChI=1S/C23H29N3O3S/c1-15(2)12-13-29-20-10-8-17(9-11-20)21(27)26-23(30)25-19-7-5-6-18(14-19)22(28)24-16(3)4/h5-11,14-16H,12-13H2,1-4H3,(H,24,28)(H2,25,26,27,30). The molecule has 0 bridgehead atoms. The SMILES string of the molecule is CC(C)CCOc1ccc(C(=O)NC(=S)Nc2cccc(C(=O)NC(C)C)c2)cc1. The molecular formula is C23H29N3O3S. The summed E-state index contributed by atoms with van der Waals surface area (Å²) in [5, 5.41) is 8.57. The van der Waals surface area contributed by atoms with Gasteiger partial charge in [0.25, 0.3) is 11.8 Å². The number of rotatable bonds is 8. The molecule has 0 saturated carbocycles. The summed E-state index contributed by atoms with van der Waals surface area (Å²) in [4.78, 5) is 24.5. The molecular weight excluding hydrogens is 398 g/mol. The fraction of sp³-hybridized carbons (Fsp3) is 0.348. The lowest BCUT2D eigenvalue weighted by molar-refractivity contribution is 0.0941. The van der Waals surface area contributed by atoms with Crippen molar-refractivity contribution in [3.05, 3.63) is 59.7 Å². The molecule has 2 aromatic carbocycles. The summed E-state index contributed by atoms with van der Waals surface area (Å²) >= 11 is 5.23. The van der Waals surface area contributed by atoms with Gasteiger partial charge in [-0.05, 0) is 80.9 Å². The van der Waals surface area contributed by atoms with Gasteiger partial charge >= 0.3 is 0 Å².